The summed E-state index contributed by atoms with van der Waals surface area (Å²) >= 11 is 2.85. The van der Waals surface area contributed by atoms with Crippen LogP contribution in [0.5, 0.6) is 0 Å². The average Bonchev–Trinajstić information content (AvgIpc) is 4.17. The number of nitrogen functional groups attached to an aromatic ring is 1. The lowest BCUT2D eigenvalue weighted by Gasteiger charge is -2.24. The number of thioether (sulfide) groups is 2. The van der Waals surface area contributed by atoms with Crippen molar-refractivity contribution in [2.75, 3.05) is 49.9 Å². The molecule has 0 aromatic carbocycles. The molecule has 15 N–H and O–H groups in total. The van der Waals surface area contributed by atoms with Crippen LogP contribution in [0.15, 0.2) is 67.4 Å². The third-order valence-electron chi connectivity index (χ3n) is 10.9. The smallest absolute Gasteiger partial charge is 0.330 e. The Balaban J connectivity index is 0.000000174. The molecule has 6 unspecified atom stereocenters. The maximum absolute atomic E-state index is 12.4. The van der Waals surface area contributed by atoms with Crippen LogP contribution in [0.3, 0.4) is 0 Å². The van der Waals surface area contributed by atoms with E-state index in [0.29, 0.717) is 17.6 Å². The molecule has 70 heavy (non-hydrogen) atoms. The van der Waals surface area contributed by atoms with Crippen molar-refractivity contribution in [3.63, 3.8) is 0 Å². The SMILES string of the molecule is CSCOC1C(O)[C@@H](CO)O[C@H]1n1cnc2c(=O)[nH]c(N)nc21.CSCOC1C(O)[C@H](CO)O[C@@H]1n1ccc(=O)[nH]c1=O.N[C@@H](Cc1cnc[nH]1)C(=O)NC1C(O)[C@H](CO)O[C@@H]1n1ccc(=O)[nH]c1=O. The minimum Gasteiger partial charge on any atom is -0.394 e. The molecule has 3 aliphatic rings. The first-order valence-corrected chi connectivity index (χ1v) is 23.8. The van der Waals surface area contributed by atoms with Crippen LogP contribution in [-0.4, -0.2) is 190 Å². The Morgan fingerprint density at radius 1 is 0.800 bits per heavy atom. The quantitative estimate of drug-likeness (QED) is 0.0409. The van der Waals surface area contributed by atoms with Crippen molar-refractivity contribution in [3.05, 3.63) is 101 Å². The Hall–Kier alpha value is -5.59. The number of H-pyrrole nitrogens is 4. The summed E-state index contributed by atoms with van der Waals surface area (Å²) in [6.07, 6.45) is 0.284. The lowest BCUT2D eigenvalue weighted by atomic mass is 10.1. The Labute approximate surface area is 401 Å². The van der Waals surface area contributed by atoms with Gasteiger partial charge >= 0.3 is 11.4 Å². The van der Waals surface area contributed by atoms with Crippen LogP contribution in [0.2, 0.25) is 0 Å². The van der Waals surface area contributed by atoms with E-state index in [1.54, 1.807) is 0 Å². The number of aromatic amines is 4. The van der Waals surface area contributed by atoms with Gasteiger partial charge in [-0.3, -0.25) is 47.8 Å². The summed E-state index contributed by atoms with van der Waals surface area (Å²) in [5.74, 6) is 0.00165. The molecule has 8 heterocycles. The van der Waals surface area contributed by atoms with Gasteiger partial charge in [-0.1, -0.05) is 0 Å². The summed E-state index contributed by atoms with van der Waals surface area (Å²) in [7, 11) is 0. The number of nitrogens with zero attached hydrogens (tertiary/aromatic N) is 6. The van der Waals surface area contributed by atoms with E-state index in [0.717, 1.165) is 15.2 Å². The first-order chi connectivity index (χ1) is 33.5. The molecular formula is C38H53N13O17S2. The van der Waals surface area contributed by atoms with Gasteiger partial charge in [-0.15, -0.1) is 23.5 Å². The largest absolute Gasteiger partial charge is 0.394 e. The fourth-order valence-electron chi connectivity index (χ4n) is 7.51. The molecule has 13 atom stereocenters. The molecule has 3 aliphatic heterocycles. The van der Waals surface area contributed by atoms with Gasteiger partial charge in [0.15, 0.2) is 29.8 Å². The number of hydrogen-bond donors (Lipinski definition) is 13. The summed E-state index contributed by atoms with van der Waals surface area (Å²) in [5.41, 5.74) is 9.41. The highest BCUT2D eigenvalue weighted by Gasteiger charge is 2.48. The highest BCUT2D eigenvalue weighted by molar-refractivity contribution is 7.98. The fraction of sp³-hybridized carbons (Fsp3) is 0.553. The van der Waals surface area contributed by atoms with Gasteiger partial charge in [-0.2, -0.15) is 4.98 Å². The molecule has 0 saturated carbocycles. The number of aliphatic hydroxyl groups is 6. The van der Waals surface area contributed by atoms with E-state index in [1.165, 1.54) is 65.4 Å². The lowest BCUT2D eigenvalue weighted by molar-refractivity contribution is -0.124. The van der Waals surface area contributed by atoms with Crippen LogP contribution >= 0.6 is 23.5 Å². The van der Waals surface area contributed by atoms with E-state index in [-0.39, 0.29) is 30.1 Å². The number of carbonyl (C=O) groups excluding carboxylic acids is 1. The second-order valence-corrected chi connectivity index (χ2v) is 17.1. The van der Waals surface area contributed by atoms with Crippen molar-refractivity contribution in [1.82, 2.24) is 53.9 Å². The number of rotatable bonds is 16. The van der Waals surface area contributed by atoms with Gasteiger partial charge < -0.3 is 76.1 Å². The van der Waals surface area contributed by atoms with Crippen molar-refractivity contribution in [2.45, 2.75) is 86.0 Å². The molecule has 384 valence electrons. The topological polar surface area (TPSA) is 451 Å². The van der Waals surface area contributed by atoms with Crippen molar-refractivity contribution in [1.29, 1.82) is 0 Å². The van der Waals surface area contributed by atoms with E-state index in [2.05, 4.69) is 40.2 Å². The highest BCUT2D eigenvalue weighted by Crippen LogP contribution is 2.34. The van der Waals surface area contributed by atoms with Gasteiger partial charge in [0.1, 0.15) is 54.9 Å². The molecule has 5 aromatic rings. The van der Waals surface area contributed by atoms with Crippen LogP contribution in [-0.2, 0) is 34.9 Å². The van der Waals surface area contributed by atoms with Gasteiger partial charge in [-0.05, 0) is 12.5 Å². The van der Waals surface area contributed by atoms with Gasteiger partial charge in [0.05, 0.1) is 50.4 Å². The van der Waals surface area contributed by atoms with Crippen LogP contribution < -0.4 is 44.8 Å². The lowest BCUT2D eigenvalue weighted by Crippen LogP contribution is -2.53. The molecular weight excluding hydrogens is 975 g/mol. The normalized spacial score (nSPS) is 27.7. The first kappa shape index (κ1) is 53.8. The fourth-order valence-corrected chi connectivity index (χ4v) is 8.10. The molecule has 32 heteroatoms. The van der Waals surface area contributed by atoms with Crippen LogP contribution in [0.4, 0.5) is 5.95 Å². The number of imidazole rings is 2. The zero-order valence-electron chi connectivity index (χ0n) is 37.1. The number of carbonyl (C=O) groups is 1. The molecule has 1 amide bonds. The van der Waals surface area contributed by atoms with Crippen LogP contribution in [0, 0.1) is 0 Å². The monoisotopic (exact) mass is 1030 g/mol. The van der Waals surface area contributed by atoms with E-state index >= 15 is 0 Å². The van der Waals surface area contributed by atoms with Crippen LogP contribution in [0.25, 0.3) is 11.2 Å². The van der Waals surface area contributed by atoms with Gasteiger partial charge in [0.2, 0.25) is 11.9 Å². The molecule has 0 aliphatic carbocycles. The minimum atomic E-state index is -1.29. The predicted molar refractivity (Wildman–Crippen MR) is 245 cm³/mol. The van der Waals surface area contributed by atoms with Crippen molar-refractivity contribution >= 4 is 46.5 Å². The highest BCUT2D eigenvalue weighted by atomic mass is 32.2. The number of nitrogens with one attached hydrogen (secondary N) is 5. The zero-order chi connectivity index (χ0) is 50.8. The summed E-state index contributed by atoms with van der Waals surface area (Å²) in [5, 5.41) is 61.1. The van der Waals surface area contributed by atoms with Crippen molar-refractivity contribution < 1.29 is 59.1 Å². The number of aromatic nitrogens is 10. The van der Waals surface area contributed by atoms with E-state index in [1.807, 2.05) is 12.5 Å². The number of amides is 1. The molecule has 8 rings (SSSR count). The van der Waals surface area contributed by atoms with Crippen LogP contribution in [0.1, 0.15) is 24.4 Å². The Bertz CT molecular complexity index is 2790. The Morgan fingerprint density at radius 2 is 1.31 bits per heavy atom. The van der Waals surface area contributed by atoms with Gasteiger partial charge in [0.25, 0.3) is 16.7 Å². The third kappa shape index (κ3) is 12.3. The molecule has 0 radical (unpaired) electrons. The van der Waals surface area contributed by atoms with E-state index in [9.17, 15) is 54.3 Å². The number of hydrogen-bond acceptors (Lipinski definition) is 24. The number of aliphatic hydroxyl groups excluding tert-OH is 6. The Kier molecular flexibility index (Phi) is 18.8. The number of fused-ring (bicyclic) bond motifs is 1. The molecule has 0 bridgehead atoms. The molecule has 5 aromatic heterocycles. The summed E-state index contributed by atoms with van der Waals surface area (Å²) in [6.45, 7) is -1.28. The second-order valence-electron chi connectivity index (χ2n) is 15.5. The van der Waals surface area contributed by atoms with Crippen molar-refractivity contribution in [3.8, 4) is 0 Å². The van der Waals surface area contributed by atoms with E-state index in [4.69, 9.17) is 40.3 Å². The molecule has 3 fully saturated rings. The molecule has 0 spiro atoms. The summed E-state index contributed by atoms with van der Waals surface area (Å²) in [6, 6.07) is 0.270. The van der Waals surface area contributed by atoms with E-state index < -0.39 is 127 Å². The predicted octanol–water partition coefficient (Wildman–Crippen LogP) is -6.28. The summed E-state index contributed by atoms with van der Waals surface area (Å²) < 4.78 is 31.3. The maximum atomic E-state index is 12.4. The number of ether oxygens (including phenoxy) is 5. The van der Waals surface area contributed by atoms with Gasteiger partial charge in [-0.25, -0.2) is 19.6 Å². The molecule has 3 saturated heterocycles. The first-order valence-electron chi connectivity index (χ1n) is 21.0. The number of anilines is 1. The molecule has 30 nitrogen and oxygen atoms in total. The van der Waals surface area contributed by atoms with Gasteiger partial charge in [0, 0.05) is 42.8 Å². The standard InChI is InChI=1S/C15H20N6O6.C12H17N5O5S.C11H16N2O6S/c16-8(3-7-4-17-6-18-7)13(25)20-11-12(24)9(5-22)27-14(11)21-2-1-10(23)19-15(21)26;1-23-4-21-8-7(19)5(2-18)22-11(8)17-3-14-6-9(17)15-12(13)16-10(6)20;1-20-5-18-9-8(16)6(4-14)19-10(9)13-3-2-7(15)12-11(13)17/h1-2,4,6,8-9,11-12,14,22,24H,3,5,16H2,(H,17,18)(H,20,25)(H,19,23,26);3,5,7-8,11,18-19H,2,4H2,1H3,(H3,13,15,16,20);2-3,6,8-10,14,16H,4-5H2,1H3,(H,12,15,17)/t8-,9-,11?,12?,14-;5-,7?,8?,11-;6-,8?,9?,10-/m010/s1. The minimum absolute atomic E-state index is 0.0527. The number of nitrogens with two attached hydrogens (primary N) is 2. The third-order valence-corrected chi connectivity index (χ3v) is 11.7. The van der Waals surface area contributed by atoms with Crippen molar-refractivity contribution in [2.24, 2.45) is 5.73 Å². The summed E-state index contributed by atoms with van der Waals surface area (Å²) in [4.78, 5) is 91.7. The second kappa shape index (κ2) is 24.5. The maximum Gasteiger partial charge on any atom is 0.330 e. The zero-order valence-corrected chi connectivity index (χ0v) is 38.8. The Morgan fingerprint density at radius 3 is 1.81 bits per heavy atom. The average molecular weight is 1030 g/mol.